The van der Waals surface area contributed by atoms with Crippen molar-refractivity contribution in [3.8, 4) is 0 Å². The molecule has 1 aromatic carbocycles. The van der Waals surface area contributed by atoms with Crippen LogP contribution in [0.2, 0.25) is 0 Å². The summed E-state index contributed by atoms with van der Waals surface area (Å²) in [6.45, 7) is 1.77. The van der Waals surface area contributed by atoms with Crippen molar-refractivity contribution >= 4 is 27.5 Å². The minimum Gasteiger partial charge on any atom is -0.399 e. The average Bonchev–Trinajstić information content (AvgIpc) is 2.53. The third-order valence-electron chi connectivity index (χ3n) is 1.87. The van der Waals surface area contributed by atoms with E-state index in [1.54, 1.807) is 0 Å². The third kappa shape index (κ3) is 1.83. The van der Waals surface area contributed by atoms with Crippen LogP contribution in [0.25, 0.3) is 0 Å². The summed E-state index contributed by atoms with van der Waals surface area (Å²) in [6.07, 6.45) is 0. The lowest BCUT2D eigenvalue weighted by Crippen LogP contribution is -2.19. The van der Waals surface area contributed by atoms with Gasteiger partial charge in [-0.15, -0.1) is 0 Å². The predicted octanol–water partition coefficient (Wildman–Crippen LogP) is 1.38. The van der Waals surface area contributed by atoms with Gasteiger partial charge in [-0.3, -0.25) is 4.99 Å². The average molecular weight is 240 g/mol. The van der Waals surface area contributed by atoms with Gasteiger partial charge in [0, 0.05) is 22.3 Å². The van der Waals surface area contributed by atoms with E-state index in [0.29, 0.717) is 0 Å². The van der Waals surface area contributed by atoms with Crippen LogP contribution in [0.4, 0.5) is 5.69 Å². The summed E-state index contributed by atoms with van der Waals surface area (Å²) < 4.78 is 0.985. The van der Waals surface area contributed by atoms with Crippen LogP contribution in [0.5, 0.6) is 0 Å². The lowest BCUT2D eigenvalue weighted by atomic mass is 10.2. The fraction of sp³-hybridized carbons (Fsp3) is 0.222. The SMILES string of the molecule is Nc1cc(Br)cc(C2=NCCN2)c1. The van der Waals surface area contributed by atoms with E-state index in [9.17, 15) is 0 Å². The zero-order valence-corrected chi connectivity index (χ0v) is 8.63. The maximum Gasteiger partial charge on any atom is 0.128 e. The second-order valence-electron chi connectivity index (χ2n) is 2.93. The molecule has 0 radical (unpaired) electrons. The zero-order valence-electron chi connectivity index (χ0n) is 7.05. The van der Waals surface area contributed by atoms with E-state index in [2.05, 4.69) is 26.2 Å². The predicted molar refractivity (Wildman–Crippen MR) is 58.0 cm³/mol. The van der Waals surface area contributed by atoms with E-state index in [0.717, 1.165) is 34.6 Å². The molecule has 1 aromatic rings. The molecule has 0 aromatic heterocycles. The van der Waals surface area contributed by atoms with Crippen molar-refractivity contribution in [3.63, 3.8) is 0 Å². The lowest BCUT2D eigenvalue weighted by Gasteiger charge is -2.04. The number of halogens is 1. The minimum absolute atomic E-state index is 0.751. The summed E-state index contributed by atoms with van der Waals surface area (Å²) in [5.74, 6) is 0.938. The van der Waals surface area contributed by atoms with Crippen molar-refractivity contribution < 1.29 is 0 Å². The number of nitrogen functional groups attached to an aromatic ring is 1. The Hall–Kier alpha value is -1.03. The topological polar surface area (TPSA) is 50.4 Å². The van der Waals surface area contributed by atoms with Crippen molar-refractivity contribution in [2.75, 3.05) is 18.8 Å². The van der Waals surface area contributed by atoms with E-state index >= 15 is 0 Å². The van der Waals surface area contributed by atoms with Gasteiger partial charge in [-0.05, 0) is 18.2 Å². The number of anilines is 1. The molecule has 0 fully saturated rings. The number of hydrogen-bond acceptors (Lipinski definition) is 3. The van der Waals surface area contributed by atoms with E-state index in [1.165, 1.54) is 0 Å². The molecule has 0 unspecified atom stereocenters. The van der Waals surface area contributed by atoms with Crippen molar-refractivity contribution in [3.05, 3.63) is 28.2 Å². The molecule has 0 saturated carbocycles. The summed E-state index contributed by atoms with van der Waals surface area (Å²) in [5, 5.41) is 3.20. The molecule has 4 heteroatoms. The largest absolute Gasteiger partial charge is 0.399 e. The zero-order chi connectivity index (χ0) is 9.26. The second-order valence-corrected chi connectivity index (χ2v) is 3.85. The Bertz CT molecular complexity index is 340. The molecule has 2 rings (SSSR count). The number of amidine groups is 1. The number of benzene rings is 1. The van der Waals surface area contributed by atoms with Crippen LogP contribution < -0.4 is 11.1 Å². The smallest absolute Gasteiger partial charge is 0.128 e. The number of nitrogens with two attached hydrogens (primary N) is 1. The van der Waals surface area contributed by atoms with Crippen molar-refractivity contribution in [1.29, 1.82) is 0 Å². The Balaban J connectivity index is 2.39. The minimum atomic E-state index is 0.751. The van der Waals surface area contributed by atoms with Gasteiger partial charge in [0.1, 0.15) is 5.84 Å². The van der Waals surface area contributed by atoms with E-state index in [-0.39, 0.29) is 0 Å². The van der Waals surface area contributed by atoms with Gasteiger partial charge in [-0.25, -0.2) is 0 Å². The Morgan fingerprint density at radius 3 is 2.85 bits per heavy atom. The quantitative estimate of drug-likeness (QED) is 0.728. The second kappa shape index (κ2) is 3.38. The number of nitrogens with one attached hydrogen (secondary N) is 1. The molecule has 0 bridgehead atoms. The monoisotopic (exact) mass is 239 g/mol. The summed E-state index contributed by atoms with van der Waals surface area (Å²) >= 11 is 3.40. The van der Waals surface area contributed by atoms with Gasteiger partial charge in [0.2, 0.25) is 0 Å². The molecule has 0 atom stereocenters. The van der Waals surface area contributed by atoms with Crippen LogP contribution in [0, 0.1) is 0 Å². The van der Waals surface area contributed by atoms with E-state index in [1.807, 2.05) is 18.2 Å². The van der Waals surface area contributed by atoms with Gasteiger partial charge < -0.3 is 11.1 Å². The fourth-order valence-corrected chi connectivity index (χ4v) is 1.85. The first-order valence-corrected chi connectivity index (χ1v) is 4.90. The molecular formula is C9H10BrN3. The third-order valence-corrected chi connectivity index (χ3v) is 2.33. The number of rotatable bonds is 1. The molecule has 3 N–H and O–H groups in total. The molecule has 1 aliphatic heterocycles. The summed E-state index contributed by atoms with van der Waals surface area (Å²) in [6, 6.07) is 5.80. The Labute approximate surface area is 85.2 Å². The van der Waals surface area contributed by atoms with Crippen LogP contribution in [0.3, 0.4) is 0 Å². The van der Waals surface area contributed by atoms with Gasteiger partial charge in [-0.1, -0.05) is 15.9 Å². The van der Waals surface area contributed by atoms with Crippen LogP contribution in [-0.2, 0) is 0 Å². The van der Waals surface area contributed by atoms with Gasteiger partial charge in [0.05, 0.1) is 6.54 Å². The molecule has 0 aliphatic carbocycles. The van der Waals surface area contributed by atoms with Crippen LogP contribution >= 0.6 is 15.9 Å². The van der Waals surface area contributed by atoms with E-state index in [4.69, 9.17) is 5.73 Å². The van der Waals surface area contributed by atoms with Crippen molar-refractivity contribution in [2.45, 2.75) is 0 Å². The molecule has 68 valence electrons. The molecule has 1 heterocycles. The van der Waals surface area contributed by atoms with Crippen molar-refractivity contribution in [1.82, 2.24) is 5.32 Å². The normalized spacial score (nSPS) is 15.3. The highest BCUT2D eigenvalue weighted by atomic mass is 79.9. The molecule has 0 amide bonds. The van der Waals surface area contributed by atoms with Gasteiger partial charge in [-0.2, -0.15) is 0 Å². The molecule has 13 heavy (non-hydrogen) atoms. The van der Waals surface area contributed by atoms with Crippen molar-refractivity contribution in [2.24, 2.45) is 4.99 Å². The number of aliphatic imine (C=N–C) groups is 1. The summed E-state index contributed by atoms with van der Waals surface area (Å²) in [5.41, 5.74) is 7.51. The standard InChI is InChI=1S/C9H10BrN3/c10-7-3-6(4-8(11)5-7)9-12-1-2-13-9/h3-5H,1-2,11H2,(H,12,13). The molecule has 1 aliphatic rings. The number of hydrogen-bond donors (Lipinski definition) is 2. The first-order valence-electron chi connectivity index (χ1n) is 4.10. The Morgan fingerprint density at radius 2 is 2.23 bits per heavy atom. The number of nitrogens with zero attached hydrogens (tertiary/aromatic N) is 1. The highest BCUT2D eigenvalue weighted by Gasteiger charge is 2.08. The first kappa shape index (κ1) is 8.56. The maximum absolute atomic E-state index is 5.71. The van der Waals surface area contributed by atoms with Gasteiger partial charge in [0.15, 0.2) is 0 Å². The molecular weight excluding hydrogens is 230 g/mol. The molecule has 3 nitrogen and oxygen atoms in total. The Kier molecular flexibility index (Phi) is 2.22. The highest BCUT2D eigenvalue weighted by molar-refractivity contribution is 9.10. The highest BCUT2D eigenvalue weighted by Crippen LogP contribution is 2.17. The fourth-order valence-electron chi connectivity index (χ4n) is 1.34. The first-order chi connectivity index (χ1) is 6.25. The maximum atomic E-state index is 5.71. The van der Waals surface area contributed by atoms with E-state index < -0.39 is 0 Å². The molecule has 0 spiro atoms. The molecule has 0 saturated heterocycles. The van der Waals surface area contributed by atoms with Crippen LogP contribution in [-0.4, -0.2) is 18.9 Å². The summed E-state index contributed by atoms with van der Waals surface area (Å²) in [7, 11) is 0. The van der Waals surface area contributed by atoms with Gasteiger partial charge in [0.25, 0.3) is 0 Å². The Morgan fingerprint density at radius 1 is 1.38 bits per heavy atom. The van der Waals surface area contributed by atoms with Crippen LogP contribution in [0.15, 0.2) is 27.7 Å². The lowest BCUT2D eigenvalue weighted by molar-refractivity contribution is 0.960. The van der Waals surface area contributed by atoms with Crippen LogP contribution in [0.1, 0.15) is 5.56 Å². The van der Waals surface area contributed by atoms with Gasteiger partial charge >= 0.3 is 0 Å². The summed E-state index contributed by atoms with van der Waals surface area (Å²) in [4.78, 5) is 4.32.